The minimum atomic E-state index is -0.111. The van der Waals surface area contributed by atoms with Crippen LogP contribution in [0.4, 0.5) is 10.5 Å². The van der Waals surface area contributed by atoms with Crippen molar-refractivity contribution in [1.29, 1.82) is 0 Å². The van der Waals surface area contributed by atoms with Crippen LogP contribution >= 0.6 is 0 Å². The summed E-state index contributed by atoms with van der Waals surface area (Å²) in [6.07, 6.45) is 2.42. The number of urea groups is 1. The largest absolute Gasteiger partial charge is 0.345 e. The molecular formula is C21H26N4O2. The molecule has 142 valence electrons. The number of hydrogen-bond donors (Lipinski definition) is 1. The molecule has 4 rings (SSSR count). The van der Waals surface area contributed by atoms with Gasteiger partial charge in [-0.3, -0.25) is 4.79 Å². The molecule has 27 heavy (non-hydrogen) atoms. The first-order valence-corrected chi connectivity index (χ1v) is 9.63. The Morgan fingerprint density at radius 3 is 2.22 bits per heavy atom. The van der Waals surface area contributed by atoms with Gasteiger partial charge in [0.05, 0.1) is 5.56 Å². The van der Waals surface area contributed by atoms with E-state index < -0.39 is 0 Å². The van der Waals surface area contributed by atoms with Crippen LogP contribution in [0, 0.1) is 13.8 Å². The number of para-hydroxylation sites is 1. The summed E-state index contributed by atoms with van der Waals surface area (Å²) in [5, 5.41) is 2.91. The Morgan fingerprint density at radius 2 is 1.59 bits per heavy atom. The summed E-state index contributed by atoms with van der Waals surface area (Å²) in [5.41, 5.74) is 3.83. The third kappa shape index (κ3) is 3.56. The van der Waals surface area contributed by atoms with Gasteiger partial charge in [0.25, 0.3) is 5.91 Å². The summed E-state index contributed by atoms with van der Waals surface area (Å²) in [6, 6.07) is 11.9. The molecule has 1 saturated carbocycles. The Bertz CT molecular complexity index is 847. The molecule has 2 heterocycles. The van der Waals surface area contributed by atoms with E-state index in [1.165, 1.54) is 18.5 Å². The topological polar surface area (TPSA) is 57.6 Å². The fourth-order valence-corrected chi connectivity index (χ4v) is 3.90. The summed E-state index contributed by atoms with van der Waals surface area (Å²) >= 11 is 0. The van der Waals surface area contributed by atoms with Gasteiger partial charge in [0, 0.05) is 49.3 Å². The van der Waals surface area contributed by atoms with E-state index in [9.17, 15) is 9.59 Å². The quantitative estimate of drug-likeness (QED) is 0.905. The average Bonchev–Trinajstić information content (AvgIpc) is 3.47. The number of benzene rings is 1. The molecule has 0 radical (unpaired) electrons. The molecular weight excluding hydrogens is 340 g/mol. The zero-order chi connectivity index (χ0) is 19.0. The minimum absolute atomic E-state index is 0.0816. The second-order valence-electron chi connectivity index (χ2n) is 7.46. The zero-order valence-corrected chi connectivity index (χ0v) is 15.9. The van der Waals surface area contributed by atoms with Crippen LogP contribution in [0.1, 0.15) is 40.6 Å². The zero-order valence-electron chi connectivity index (χ0n) is 15.9. The summed E-state index contributed by atoms with van der Waals surface area (Å²) in [4.78, 5) is 29.0. The molecule has 6 nitrogen and oxygen atoms in total. The first-order chi connectivity index (χ1) is 13.0. The lowest BCUT2D eigenvalue weighted by Crippen LogP contribution is -2.51. The molecule has 0 spiro atoms. The second-order valence-corrected chi connectivity index (χ2v) is 7.46. The van der Waals surface area contributed by atoms with Crippen molar-refractivity contribution in [1.82, 2.24) is 14.4 Å². The van der Waals surface area contributed by atoms with Crippen LogP contribution in [0.5, 0.6) is 0 Å². The number of hydrogen-bond acceptors (Lipinski definition) is 2. The van der Waals surface area contributed by atoms with Gasteiger partial charge in [-0.15, -0.1) is 0 Å². The fourth-order valence-electron chi connectivity index (χ4n) is 3.90. The van der Waals surface area contributed by atoms with Crippen LogP contribution in [-0.4, -0.2) is 52.5 Å². The van der Waals surface area contributed by atoms with Gasteiger partial charge in [0.1, 0.15) is 0 Å². The maximum atomic E-state index is 13.0. The highest BCUT2D eigenvalue weighted by Gasteiger charge is 2.31. The number of carbonyl (C=O) groups excluding carboxylic acids is 2. The highest BCUT2D eigenvalue weighted by atomic mass is 16.2. The van der Waals surface area contributed by atoms with Crippen LogP contribution in [-0.2, 0) is 0 Å². The number of carbonyl (C=O) groups is 2. The number of aromatic nitrogens is 1. The molecule has 0 atom stereocenters. The molecule has 1 aliphatic carbocycles. The van der Waals surface area contributed by atoms with Crippen LogP contribution < -0.4 is 5.32 Å². The van der Waals surface area contributed by atoms with E-state index in [2.05, 4.69) is 16.8 Å². The molecule has 1 N–H and O–H groups in total. The number of rotatable bonds is 3. The van der Waals surface area contributed by atoms with Crippen LogP contribution in [0.15, 0.2) is 36.4 Å². The molecule has 1 saturated heterocycles. The molecule has 0 bridgehead atoms. The van der Waals surface area contributed by atoms with E-state index in [4.69, 9.17) is 0 Å². The number of anilines is 1. The Kier molecular flexibility index (Phi) is 4.64. The molecule has 2 aliphatic rings. The van der Waals surface area contributed by atoms with Crippen molar-refractivity contribution in [2.75, 3.05) is 31.5 Å². The lowest BCUT2D eigenvalue weighted by atomic mass is 10.2. The summed E-state index contributed by atoms with van der Waals surface area (Å²) < 4.78 is 2.30. The third-order valence-electron chi connectivity index (χ3n) is 5.51. The smallest absolute Gasteiger partial charge is 0.321 e. The van der Waals surface area contributed by atoms with Crippen LogP contribution in [0.3, 0.4) is 0 Å². The average molecular weight is 366 g/mol. The highest BCUT2D eigenvalue weighted by Crippen LogP contribution is 2.38. The molecule has 1 aromatic heterocycles. The molecule has 0 unspecified atom stereocenters. The monoisotopic (exact) mass is 366 g/mol. The number of piperazine rings is 1. The van der Waals surface area contributed by atoms with Gasteiger partial charge < -0.3 is 19.7 Å². The molecule has 1 aromatic carbocycles. The summed E-state index contributed by atoms with van der Waals surface area (Å²) in [7, 11) is 0. The van der Waals surface area contributed by atoms with Crippen LogP contribution in [0.25, 0.3) is 0 Å². The van der Waals surface area contributed by atoms with Crippen molar-refractivity contribution in [2.45, 2.75) is 32.7 Å². The van der Waals surface area contributed by atoms with Gasteiger partial charge in [-0.1, -0.05) is 18.2 Å². The van der Waals surface area contributed by atoms with Gasteiger partial charge in [-0.25, -0.2) is 4.79 Å². The van der Waals surface area contributed by atoms with Gasteiger partial charge in [0.15, 0.2) is 0 Å². The lowest BCUT2D eigenvalue weighted by molar-refractivity contribution is 0.0671. The number of aryl methyl sites for hydroxylation is 1. The molecule has 1 aliphatic heterocycles. The van der Waals surface area contributed by atoms with Gasteiger partial charge in [-0.05, 0) is 44.9 Å². The number of nitrogens with one attached hydrogen (secondary N) is 1. The van der Waals surface area contributed by atoms with E-state index in [0.717, 1.165) is 16.9 Å². The normalized spacial score (nSPS) is 17.1. The van der Waals surface area contributed by atoms with Crippen molar-refractivity contribution in [2.24, 2.45) is 0 Å². The van der Waals surface area contributed by atoms with E-state index in [1.54, 1.807) is 4.90 Å². The Morgan fingerprint density at radius 1 is 0.963 bits per heavy atom. The van der Waals surface area contributed by atoms with Gasteiger partial charge in [0.2, 0.25) is 0 Å². The molecule has 2 fully saturated rings. The van der Waals surface area contributed by atoms with Crippen molar-refractivity contribution in [3.63, 3.8) is 0 Å². The third-order valence-corrected chi connectivity index (χ3v) is 5.51. The van der Waals surface area contributed by atoms with E-state index in [-0.39, 0.29) is 11.9 Å². The maximum absolute atomic E-state index is 13.0. The molecule has 6 heteroatoms. The predicted molar refractivity (Wildman–Crippen MR) is 105 cm³/mol. The maximum Gasteiger partial charge on any atom is 0.321 e. The first-order valence-electron chi connectivity index (χ1n) is 9.63. The predicted octanol–water partition coefficient (Wildman–Crippen LogP) is 3.43. The van der Waals surface area contributed by atoms with Crippen LogP contribution in [0.2, 0.25) is 0 Å². The minimum Gasteiger partial charge on any atom is -0.345 e. The number of amides is 3. The standard InChI is InChI=1S/C21H26N4O2/c1-15-14-19(16(2)25(15)18-8-9-18)20(26)23-10-12-24(13-11-23)21(27)22-17-6-4-3-5-7-17/h3-7,14,18H,8-13H2,1-2H3,(H,22,27). The highest BCUT2D eigenvalue weighted by molar-refractivity contribution is 5.96. The van der Waals surface area contributed by atoms with Crippen molar-refractivity contribution in [3.8, 4) is 0 Å². The Balaban J connectivity index is 1.37. The Hall–Kier alpha value is -2.76. The van der Waals surface area contributed by atoms with Gasteiger partial charge in [-0.2, -0.15) is 0 Å². The van der Waals surface area contributed by atoms with Crippen molar-refractivity contribution < 1.29 is 9.59 Å². The van der Waals surface area contributed by atoms with E-state index >= 15 is 0 Å². The Labute approximate surface area is 159 Å². The van der Waals surface area contributed by atoms with E-state index in [0.29, 0.717) is 32.2 Å². The first kappa shape index (κ1) is 17.6. The lowest BCUT2D eigenvalue weighted by Gasteiger charge is -2.34. The van der Waals surface area contributed by atoms with E-state index in [1.807, 2.05) is 48.2 Å². The number of nitrogens with zero attached hydrogens (tertiary/aromatic N) is 3. The van der Waals surface area contributed by atoms with Crippen molar-refractivity contribution in [3.05, 3.63) is 53.3 Å². The summed E-state index contributed by atoms with van der Waals surface area (Å²) in [5.74, 6) is 0.0816. The van der Waals surface area contributed by atoms with Crippen molar-refractivity contribution >= 4 is 17.6 Å². The molecule has 3 amide bonds. The second kappa shape index (κ2) is 7.10. The van der Waals surface area contributed by atoms with Gasteiger partial charge >= 0.3 is 6.03 Å². The molecule has 2 aromatic rings. The SMILES string of the molecule is Cc1cc(C(=O)N2CCN(C(=O)Nc3ccccc3)CC2)c(C)n1C1CC1. The summed E-state index contributed by atoms with van der Waals surface area (Å²) in [6.45, 7) is 6.34. The fraction of sp³-hybridized carbons (Fsp3) is 0.429.